The van der Waals surface area contributed by atoms with Crippen molar-refractivity contribution >= 4 is 23.5 Å². The van der Waals surface area contributed by atoms with Crippen molar-refractivity contribution < 1.29 is 14.1 Å². The Morgan fingerprint density at radius 3 is 2.79 bits per heavy atom. The molecule has 0 spiro atoms. The summed E-state index contributed by atoms with van der Waals surface area (Å²) in [4.78, 5) is 12.3. The number of aromatic nitrogens is 4. The largest absolute Gasteiger partial charge is 0.485 e. The van der Waals surface area contributed by atoms with Crippen molar-refractivity contribution in [3.05, 3.63) is 47.0 Å². The second-order valence-electron chi connectivity index (χ2n) is 6.40. The van der Waals surface area contributed by atoms with E-state index in [2.05, 4.69) is 20.7 Å². The van der Waals surface area contributed by atoms with E-state index in [0.717, 1.165) is 11.3 Å². The van der Waals surface area contributed by atoms with Gasteiger partial charge in [-0.1, -0.05) is 34.6 Å². The quantitative estimate of drug-likeness (QED) is 0.457. The van der Waals surface area contributed by atoms with Gasteiger partial charge in [-0.3, -0.25) is 4.79 Å². The number of hydrogen-bond donors (Lipinski definition) is 2. The van der Waals surface area contributed by atoms with E-state index in [-0.39, 0.29) is 12.5 Å². The molecule has 9 nitrogen and oxygen atoms in total. The smallest absolute Gasteiger partial charge is 0.238 e. The third-order valence-electron chi connectivity index (χ3n) is 3.95. The molecule has 10 heteroatoms. The first-order valence-corrected chi connectivity index (χ1v) is 9.51. The molecule has 0 saturated heterocycles. The van der Waals surface area contributed by atoms with Crippen molar-refractivity contribution in [1.82, 2.24) is 20.0 Å². The van der Waals surface area contributed by atoms with Crippen LogP contribution < -0.4 is 15.9 Å². The van der Waals surface area contributed by atoms with E-state index in [9.17, 15) is 4.79 Å². The first kappa shape index (κ1) is 19.7. The summed E-state index contributed by atoms with van der Waals surface area (Å²) < 4.78 is 12.1. The number of nitrogens with one attached hydrogen (secondary N) is 1. The maximum atomic E-state index is 12.3. The van der Waals surface area contributed by atoms with E-state index in [1.54, 1.807) is 19.9 Å². The highest BCUT2D eigenvalue weighted by atomic mass is 32.2. The predicted molar refractivity (Wildman–Crippen MR) is 106 cm³/mol. The molecule has 0 unspecified atom stereocenters. The Hall–Kier alpha value is -3.01. The van der Waals surface area contributed by atoms with Gasteiger partial charge in [-0.2, -0.15) is 0 Å². The van der Waals surface area contributed by atoms with Gasteiger partial charge in [0, 0.05) is 6.07 Å². The van der Waals surface area contributed by atoms with E-state index in [4.69, 9.17) is 15.1 Å². The Bertz CT molecular complexity index is 984. The lowest BCUT2D eigenvalue weighted by molar-refractivity contribution is -0.115. The molecule has 0 aliphatic heterocycles. The molecule has 0 fully saturated rings. The fraction of sp³-hybridized carbons (Fsp3) is 0.333. The Balaban J connectivity index is 1.59. The zero-order valence-corrected chi connectivity index (χ0v) is 16.9. The Kier molecular flexibility index (Phi) is 5.88. The predicted octanol–water partition coefficient (Wildman–Crippen LogP) is 2.60. The fourth-order valence-corrected chi connectivity index (χ4v) is 3.24. The van der Waals surface area contributed by atoms with Crippen molar-refractivity contribution in [2.75, 3.05) is 11.2 Å². The molecule has 28 heavy (non-hydrogen) atoms. The van der Waals surface area contributed by atoms with Crippen LogP contribution in [0.5, 0.6) is 5.75 Å². The second-order valence-corrected chi connectivity index (χ2v) is 7.71. The molecule has 3 N–H and O–H groups in total. The van der Waals surface area contributed by atoms with Crippen LogP contribution in [0.4, 0.5) is 5.82 Å². The van der Waals surface area contributed by atoms with Crippen LogP contribution in [0.25, 0.3) is 0 Å². The third kappa shape index (κ3) is 4.63. The molecular formula is C18H22N6O3S. The number of nitrogen functional groups attached to an aromatic ring is 1. The number of carbonyl (C=O) groups excluding carboxylic acids is 1. The SMILES string of the molecule is Cc1ccc(OCc2nnc(S[C@H](C)C(=O)Nc3cc(C)on3)n2N)c(C)c1. The van der Waals surface area contributed by atoms with E-state index < -0.39 is 5.25 Å². The molecule has 0 aliphatic rings. The second kappa shape index (κ2) is 8.34. The van der Waals surface area contributed by atoms with Crippen LogP contribution in [0.1, 0.15) is 29.6 Å². The average molecular weight is 402 g/mol. The first-order valence-electron chi connectivity index (χ1n) is 8.63. The summed E-state index contributed by atoms with van der Waals surface area (Å²) in [6.45, 7) is 7.67. The summed E-state index contributed by atoms with van der Waals surface area (Å²) in [5, 5.41) is 14.5. The number of anilines is 1. The lowest BCUT2D eigenvalue weighted by Gasteiger charge is -2.11. The van der Waals surface area contributed by atoms with Crippen LogP contribution in [0, 0.1) is 20.8 Å². The van der Waals surface area contributed by atoms with Gasteiger partial charge < -0.3 is 20.4 Å². The molecule has 148 valence electrons. The molecule has 2 heterocycles. The van der Waals surface area contributed by atoms with Crippen LogP contribution in [0.3, 0.4) is 0 Å². The number of thioether (sulfide) groups is 1. The van der Waals surface area contributed by atoms with E-state index >= 15 is 0 Å². The van der Waals surface area contributed by atoms with Gasteiger partial charge in [-0.05, 0) is 39.3 Å². The van der Waals surface area contributed by atoms with Crippen LogP contribution in [0.15, 0.2) is 33.9 Å². The van der Waals surface area contributed by atoms with Crippen molar-refractivity contribution in [3.63, 3.8) is 0 Å². The summed E-state index contributed by atoms with van der Waals surface area (Å²) >= 11 is 1.19. The van der Waals surface area contributed by atoms with Gasteiger partial charge in [0.05, 0.1) is 5.25 Å². The van der Waals surface area contributed by atoms with Crippen LogP contribution in [-0.2, 0) is 11.4 Å². The summed E-state index contributed by atoms with van der Waals surface area (Å²) in [6.07, 6.45) is 0. The Morgan fingerprint density at radius 2 is 2.11 bits per heavy atom. The molecule has 0 aliphatic carbocycles. The zero-order valence-electron chi connectivity index (χ0n) is 16.1. The molecule has 2 aromatic heterocycles. The third-order valence-corrected chi connectivity index (χ3v) is 5.01. The van der Waals surface area contributed by atoms with Gasteiger partial charge in [-0.15, -0.1) is 10.2 Å². The highest BCUT2D eigenvalue weighted by molar-refractivity contribution is 8.00. The molecular weight excluding hydrogens is 380 g/mol. The summed E-state index contributed by atoms with van der Waals surface area (Å²) in [6, 6.07) is 7.58. The number of hydrogen-bond acceptors (Lipinski definition) is 8. The highest BCUT2D eigenvalue weighted by Gasteiger charge is 2.20. The molecule has 0 bridgehead atoms. The molecule has 1 amide bonds. The molecule has 1 atom stereocenters. The normalized spacial score (nSPS) is 12.0. The lowest BCUT2D eigenvalue weighted by atomic mass is 10.1. The van der Waals surface area contributed by atoms with E-state index in [1.807, 2.05) is 32.0 Å². The van der Waals surface area contributed by atoms with Crippen molar-refractivity contribution in [3.8, 4) is 5.75 Å². The van der Waals surface area contributed by atoms with Crippen molar-refractivity contribution in [2.45, 2.75) is 44.7 Å². The minimum Gasteiger partial charge on any atom is -0.485 e. The first-order chi connectivity index (χ1) is 13.3. The summed E-state index contributed by atoms with van der Waals surface area (Å²) in [5.41, 5.74) is 2.20. The van der Waals surface area contributed by atoms with Gasteiger partial charge in [0.1, 0.15) is 18.1 Å². The Morgan fingerprint density at radius 1 is 1.32 bits per heavy atom. The monoisotopic (exact) mass is 402 g/mol. The molecule has 3 rings (SSSR count). The maximum absolute atomic E-state index is 12.3. The zero-order chi connectivity index (χ0) is 20.3. The fourth-order valence-electron chi connectivity index (χ4n) is 2.45. The number of aryl methyl sites for hydroxylation is 3. The average Bonchev–Trinajstić information content (AvgIpc) is 3.20. The van der Waals surface area contributed by atoms with Crippen LogP contribution in [0.2, 0.25) is 0 Å². The number of nitrogens with zero attached hydrogens (tertiary/aromatic N) is 4. The Labute approximate surface area is 166 Å². The topological polar surface area (TPSA) is 121 Å². The van der Waals surface area contributed by atoms with Gasteiger partial charge >= 0.3 is 0 Å². The van der Waals surface area contributed by atoms with Gasteiger partial charge in [-0.25, -0.2) is 4.68 Å². The van der Waals surface area contributed by atoms with E-state index in [0.29, 0.717) is 22.6 Å². The minimum absolute atomic E-state index is 0.173. The van der Waals surface area contributed by atoms with E-state index in [1.165, 1.54) is 22.0 Å². The van der Waals surface area contributed by atoms with Gasteiger partial charge in [0.2, 0.25) is 11.1 Å². The number of benzene rings is 1. The number of rotatable bonds is 7. The lowest BCUT2D eigenvalue weighted by Crippen LogP contribution is -2.24. The molecule has 0 radical (unpaired) electrons. The molecule has 3 aromatic rings. The number of carbonyl (C=O) groups is 1. The van der Waals surface area contributed by atoms with Gasteiger partial charge in [0.15, 0.2) is 11.6 Å². The van der Waals surface area contributed by atoms with Crippen LogP contribution >= 0.6 is 11.8 Å². The van der Waals surface area contributed by atoms with Crippen molar-refractivity contribution in [2.24, 2.45) is 0 Å². The molecule has 1 aromatic carbocycles. The minimum atomic E-state index is -0.461. The number of ether oxygens (including phenoxy) is 1. The maximum Gasteiger partial charge on any atom is 0.238 e. The van der Waals surface area contributed by atoms with Crippen molar-refractivity contribution in [1.29, 1.82) is 0 Å². The summed E-state index contributed by atoms with van der Waals surface area (Å²) in [7, 11) is 0. The highest BCUT2D eigenvalue weighted by Crippen LogP contribution is 2.23. The standard InChI is InChI=1S/C18H22N6O3S/c1-10-5-6-14(11(2)7-10)26-9-16-21-22-18(24(16)19)28-13(4)17(25)20-15-8-12(3)27-23-15/h5-8,13H,9,19H2,1-4H3,(H,20,23,25)/t13-/m1/s1. The number of nitrogens with two attached hydrogens (primary N) is 1. The number of amides is 1. The van der Waals surface area contributed by atoms with Gasteiger partial charge in [0.25, 0.3) is 0 Å². The molecule has 0 saturated carbocycles. The summed E-state index contributed by atoms with van der Waals surface area (Å²) in [5.74, 6) is 8.03. The van der Waals surface area contributed by atoms with Crippen LogP contribution in [-0.4, -0.2) is 31.2 Å².